The zero-order chi connectivity index (χ0) is 16.2. The van der Waals surface area contributed by atoms with Crippen LogP contribution in [0.3, 0.4) is 0 Å². The number of halogens is 4. The second-order valence-corrected chi connectivity index (χ2v) is 4.23. The van der Waals surface area contributed by atoms with Crippen LogP contribution in [0.5, 0.6) is 0 Å². The maximum absolute atomic E-state index is 12.6. The predicted octanol–water partition coefficient (Wildman–Crippen LogP) is 2.35. The molecule has 0 aliphatic carbocycles. The van der Waals surface area contributed by atoms with Gasteiger partial charge in [-0.3, -0.25) is 10.1 Å². The van der Waals surface area contributed by atoms with Gasteiger partial charge in [0.15, 0.2) is 0 Å². The molecule has 11 heteroatoms. The summed E-state index contributed by atoms with van der Waals surface area (Å²) >= 11 is 5.48. The minimum atomic E-state index is -4.80. The van der Waals surface area contributed by atoms with E-state index in [2.05, 4.69) is 10.6 Å². The molecule has 4 N–H and O–H groups in total. The fraction of sp³-hybridized carbons (Fsp3) is 0.300. The van der Waals surface area contributed by atoms with Crippen LogP contribution in [0, 0.1) is 10.1 Å². The molecule has 7 nitrogen and oxygen atoms in total. The number of rotatable bonds is 5. The number of nitro groups is 1. The number of primary amides is 1. The summed E-state index contributed by atoms with van der Waals surface area (Å²) in [5, 5.41) is 14.9. The third-order valence-electron chi connectivity index (χ3n) is 2.33. The lowest BCUT2D eigenvalue weighted by molar-refractivity contribution is -0.384. The highest BCUT2D eigenvalue weighted by Crippen LogP contribution is 2.40. The molecule has 116 valence electrons. The first kappa shape index (κ1) is 16.8. The zero-order valence-electron chi connectivity index (χ0n) is 10.3. The van der Waals surface area contributed by atoms with Crippen molar-refractivity contribution in [3.05, 3.63) is 32.8 Å². The summed E-state index contributed by atoms with van der Waals surface area (Å²) in [5.41, 5.74) is 2.55. The molecule has 0 atom stereocenters. The largest absolute Gasteiger partial charge is 0.418 e. The third-order valence-corrected chi connectivity index (χ3v) is 2.64. The number of alkyl halides is 3. The van der Waals surface area contributed by atoms with Crippen LogP contribution in [-0.2, 0) is 6.18 Å². The maximum atomic E-state index is 12.6. The average Bonchev–Trinajstić information content (AvgIpc) is 2.32. The summed E-state index contributed by atoms with van der Waals surface area (Å²) in [6.45, 7) is 0.0522. The molecule has 0 radical (unpaired) electrons. The molecule has 1 aromatic rings. The number of carbonyl (C=O) groups is 1. The summed E-state index contributed by atoms with van der Waals surface area (Å²) in [6, 6.07) is 0.371. The van der Waals surface area contributed by atoms with Crippen molar-refractivity contribution >= 4 is 29.0 Å². The molecule has 0 aliphatic rings. The number of nitro benzene ring substituents is 1. The molecule has 0 saturated carbocycles. The fourth-order valence-electron chi connectivity index (χ4n) is 1.45. The summed E-state index contributed by atoms with van der Waals surface area (Å²) in [7, 11) is 0. The first-order valence-corrected chi connectivity index (χ1v) is 5.83. The van der Waals surface area contributed by atoms with Gasteiger partial charge < -0.3 is 16.4 Å². The Bertz CT molecular complexity index is 565. The second-order valence-electron chi connectivity index (χ2n) is 3.82. The molecular weight excluding hydrogens is 317 g/mol. The van der Waals surface area contributed by atoms with E-state index in [9.17, 15) is 28.1 Å². The Labute approximate surface area is 121 Å². The minimum absolute atomic E-state index is 0.0193. The molecule has 0 bridgehead atoms. The van der Waals surface area contributed by atoms with Gasteiger partial charge in [-0.15, -0.1) is 0 Å². The molecule has 2 amide bonds. The highest BCUT2D eigenvalue weighted by atomic mass is 35.5. The highest BCUT2D eigenvalue weighted by molar-refractivity contribution is 6.31. The number of hydrogen-bond acceptors (Lipinski definition) is 4. The Morgan fingerprint density at radius 2 is 2.00 bits per heavy atom. The van der Waals surface area contributed by atoms with Gasteiger partial charge in [0, 0.05) is 19.2 Å². The van der Waals surface area contributed by atoms with Crippen LogP contribution in [0.4, 0.5) is 29.3 Å². The van der Waals surface area contributed by atoms with E-state index >= 15 is 0 Å². The summed E-state index contributed by atoms with van der Waals surface area (Å²) in [5.74, 6) is 0. The number of carbonyl (C=O) groups excluding carboxylic acids is 1. The lowest BCUT2D eigenvalue weighted by Gasteiger charge is -2.12. The Morgan fingerprint density at radius 3 is 2.48 bits per heavy atom. The van der Waals surface area contributed by atoms with Crippen LogP contribution in [-0.4, -0.2) is 24.0 Å². The lowest BCUT2D eigenvalue weighted by atomic mass is 10.1. The van der Waals surface area contributed by atoms with Gasteiger partial charge in [0.1, 0.15) is 5.69 Å². The molecular formula is C10H10ClF3N4O3. The van der Waals surface area contributed by atoms with Gasteiger partial charge in [0.2, 0.25) is 0 Å². The lowest BCUT2D eigenvalue weighted by Crippen LogP contribution is -2.33. The maximum Gasteiger partial charge on any atom is 0.418 e. The standard InChI is InChI=1S/C10H10ClF3N4O3/c11-6-4-7(16-1-2-17-9(15)19)8(18(20)21)3-5(6)10(12,13)14/h3-4,16H,1-2H2,(H3,15,17,19). The van der Waals surface area contributed by atoms with Gasteiger partial charge in [0.25, 0.3) is 5.69 Å². The van der Waals surface area contributed by atoms with E-state index in [4.69, 9.17) is 17.3 Å². The summed E-state index contributed by atoms with van der Waals surface area (Å²) in [6.07, 6.45) is -4.80. The van der Waals surface area contributed by atoms with Crippen molar-refractivity contribution in [2.45, 2.75) is 6.18 Å². The molecule has 0 fully saturated rings. The summed E-state index contributed by atoms with van der Waals surface area (Å²) in [4.78, 5) is 20.3. The molecule has 0 saturated heterocycles. The van der Waals surface area contributed by atoms with Gasteiger partial charge in [-0.05, 0) is 6.07 Å². The number of hydrogen-bond donors (Lipinski definition) is 3. The van der Waals surface area contributed by atoms with Gasteiger partial charge in [-0.1, -0.05) is 11.6 Å². The Balaban J connectivity index is 3.01. The number of nitrogens with zero attached hydrogens (tertiary/aromatic N) is 1. The highest BCUT2D eigenvalue weighted by Gasteiger charge is 2.36. The number of anilines is 1. The van der Waals surface area contributed by atoms with E-state index in [1.807, 2.05) is 0 Å². The second kappa shape index (κ2) is 6.48. The first-order chi connectivity index (χ1) is 9.62. The van der Waals surface area contributed by atoms with E-state index in [1.165, 1.54) is 0 Å². The van der Waals surface area contributed by atoms with E-state index in [1.54, 1.807) is 0 Å². The fourth-order valence-corrected chi connectivity index (χ4v) is 1.73. The van der Waals surface area contributed by atoms with Crippen molar-refractivity contribution in [2.75, 3.05) is 18.4 Å². The van der Waals surface area contributed by atoms with E-state index in [-0.39, 0.29) is 18.8 Å². The number of benzene rings is 1. The first-order valence-electron chi connectivity index (χ1n) is 5.45. The van der Waals surface area contributed by atoms with Crippen LogP contribution >= 0.6 is 11.6 Å². The number of nitrogens with two attached hydrogens (primary N) is 1. The Morgan fingerprint density at radius 1 is 1.38 bits per heavy atom. The van der Waals surface area contributed by atoms with E-state index in [0.29, 0.717) is 6.07 Å². The molecule has 21 heavy (non-hydrogen) atoms. The van der Waals surface area contributed by atoms with Crippen LogP contribution in [0.1, 0.15) is 5.56 Å². The molecule has 0 heterocycles. The quantitative estimate of drug-likeness (QED) is 0.438. The Kier molecular flexibility index (Phi) is 5.19. The van der Waals surface area contributed by atoms with Crippen molar-refractivity contribution in [3.63, 3.8) is 0 Å². The van der Waals surface area contributed by atoms with Crippen molar-refractivity contribution in [1.29, 1.82) is 0 Å². The number of urea groups is 1. The van der Waals surface area contributed by atoms with E-state index < -0.39 is 33.4 Å². The number of nitrogens with one attached hydrogen (secondary N) is 2. The molecule has 1 aromatic carbocycles. The molecule has 0 spiro atoms. The van der Waals surface area contributed by atoms with Crippen LogP contribution < -0.4 is 16.4 Å². The van der Waals surface area contributed by atoms with Crippen molar-refractivity contribution < 1.29 is 22.9 Å². The predicted molar refractivity (Wildman–Crippen MR) is 69.2 cm³/mol. The van der Waals surface area contributed by atoms with Crippen molar-refractivity contribution in [3.8, 4) is 0 Å². The smallest absolute Gasteiger partial charge is 0.378 e. The van der Waals surface area contributed by atoms with Gasteiger partial charge in [-0.2, -0.15) is 13.2 Å². The topological polar surface area (TPSA) is 110 Å². The SMILES string of the molecule is NC(=O)NCCNc1cc(Cl)c(C(F)(F)F)cc1[N+](=O)[O-]. The van der Waals surface area contributed by atoms with Crippen LogP contribution in [0.15, 0.2) is 12.1 Å². The van der Waals surface area contributed by atoms with Crippen molar-refractivity contribution in [2.24, 2.45) is 5.73 Å². The van der Waals surface area contributed by atoms with Crippen LogP contribution in [0.2, 0.25) is 5.02 Å². The van der Waals surface area contributed by atoms with Crippen LogP contribution in [0.25, 0.3) is 0 Å². The van der Waals surface area contributed by atoms with Gasteiger partial charge >= 0.3 is 12.2 Å². The minimum Gasteiger partial charge on any atom is -0.378 e. The van der Waals surface area contributed by atoms with E-state index in [0.717, 1.165) is 6.07 Å². The van der Waals surface area contributed by atoms with Gasteiger partial charge in [-0.25, -0.2) is 4.79 Å². The van der Waals surface area contributed by atoms with Crippen molar-refractivity contribution in [1.82, 2.24) is 5.32 Å². The Hall–Kier alpha value is -2.23. The van der Waals surface area contributed by atoms with Gasteiger partial charge in [0.05, 0.1) is 15.5 Å². The average molecular weight is 327 g/mol. The third kappa shape index (κ3) is 4.67. The molecule has 0 aromatic heterocycles. The molecule has 0 aliphatic heterocycles. The molecule has 1 rings (SSSR count). The summed E-state index contributed by atoms with van der Waals surface area (Å²) < 4.78 is 37.9. The number of amides is 2. The monoisotopic (exact) mass is 326 g/mol. The zero-order valence-corrected chi connectivity index (χ0v) is 11.1. The molecule has 0 unspecified atom stereocenters. The normalized spacial score (nSPS) is 11.0.